The molecule has 4 heteroatoms. The number of aromatic nitrogens is 1. The highest BCUT2D eigenvalue weighted by molar-refractivity contribution is 7.12. The number of hydrogen-bond donors (Lipinski definition) is 1. The summed E-state index contributed by atoms with van der Waals surface area (Å²) in [5, 5.41) is 4.01. The summed E-state index contributed by atoms with van der Waals surface area (Å²) in [5.74, 6) is 0.0490. The Morgan fingerprint density at radius 3 is 2.48 bits per heavy atom. The van der Waals surface area contributed by atoms with Gasteiger partial charge in [0.05, 0.1) is 17.1 Å². The second-order valence-electron chi connectivity index (χ2n) is 6.13. The Hall–Kier alpha value is -2.46. The fraction of sp³-hybridized carbons (Fsp3) is 0.238. The molecule has 0 saturated heterocycles. The molecule has 0 spiro atoms. The zero-order valence-electron chi connectivity index (χ0n) is 14.6. The zero-order chi connectivity index (χ0) is 17.6. The summed E-state index contributed by atoms with van der Waals surface area (Å²) in [6, 6.07) is 18.5. The van der Waals surface area contributed by atoms with Crippen molar-refractivity contribution in [3.63, 3.8) is 0 Å². The maximum Gasteiger partial charge on any atom is 0.225 e. The summed E-state index contributed by atoms with van der Waals surface area (Å²) >= 11 is 1.60. The molecule has 1 heterocycles. The van der Waals surface area contributed by atoms with Gasteiger partial charge in [0.25, 0.3) is 0 Å². The van der Waals surface area contributed by atoms with Crippen LogP contribution in [0.2, 0.25) is 0 Å². The number of benzene rings is 2. The molecule has 0 radical (unpaired) electrons. The minimum atomic E-state index is 0.0490. The standard InChI is InChI=1S/C21H22N2OS/c1-15-8-10-18(11-9-15)21-19(25-16(2)23-21)14-20(24)22-13-12-17-6-4-3-5-7-17/h3-11H,12-14H2,1-2H3,(H,22,24). The number of amides is 1. The Bertz CT molecular complexity index is 838. The molecule has 0 bridgehead atoms. The lowest BCUT2D eigenvalue weighted by atomic mass is 10.1. The molecule has 1 aromatic heterocycles. The van der Waals surface area contributed by atoms with Crippen LogP contribution in [-0.4, -0.2) is 17.4 Å². The molecule has 0 aliphatic heterocycles. The SMILES string of the molecule is Cc1ccc(-c2nc(C)sc2CC(=O)NCCc2ccccc2)cc1. The molecule has 3 aromatic rings. The number of hydrogen-bond acceptors (Lipinski definition) is 3. The van der Waals surface area contributed by atoms with Gasteiger partial charge in [0.2, 0.25) is 5.91 Å². The second-order valence-corrected chi connectivity index (χ2v) is 7.42. The van der Waals surface area contributed by atoms with Crippen LogP contribution in [0.5, 0.6) is 0 Å². The molecular weight excluding hydrogens is 328 g/mol. The summed E-state index contributed by atoms with van der Waals surface area (Å²) in [7, 11) is 0. The van der Waals surface area contributed by atoms with Crippen LogP contribution < -0.4 is 5.32 Å². The molecule has 0 fully saturated rings. The first-order chi connectivity index (χ1) is 12.1. The van der Waals surface area contributed by atoms with Crippen molar-refractivity contribution in [2.75, 3.05) is 6.54 Å². The van der Waals surface area contributed by atoms with E-state index in [1.165, 1.54) is 11.1 Å². The summed E-state index contributed by atoms with van der Waals surface area (Å²) in [6.45, 7) is 4.71. The smallest absolute Gasteiger partial charge is 0.225 e. The van der Waals surface area contributed by atoms with Gasteiger partial charge in [-0.05, 0) is 25.8 Å². The fourth-order valence-electron chi connectivity index (χ4n) is 2.73. The van der Waals surface area contributed by atoms with E-state index >= 15 is 0 Å². The topological polar surface area (TPSA) is 42.0 Å². The van der Waals surface area contributed by atoms with E-state index in [1.807, 2.05) is 25.1 Å². The van der Waals surface area contributed by atoms with Gasteiger partial charge in [-0.15, -0.1) is 11.3 Å². The van der Waals surface area contributed by atoms with E-state index in [-0.39, 0.29) is 5.91 Å². The van der Waals surface area contributed by atoms with Gasteiger partial charge in [0, 0.05) is 17.0 Å². The van der Waals surface area contributed by atoms with Gasteiger partial charge in [-0.2, -0.15) is 0 Å². The molecule has 25 heavy (non-hydrogen) atoms. The van der Waals surface area contributed by atoms with E-state index in [4.69, 9.17) is 0 Å². The van der Waals surface area contributed by atoms with E-state index in [9.17, 15) is 4.79 Å². The van der Waals surface area contributed by atoms with Crippen LogP contribution in [0, 0.1) is 13.8 Å². The third kappa shape index (κ3) is 4.77. The molecule has 2 aromatic carbocycles. The zero-order valence-corrected chi connectivity index (χ0v) is 15.4. The second kappa shape index (κ2) is 8.08. The number of aryl methyl sites for hydroxylation is 2. The van der Waals surface area contributed by atoms with E-state index in [1.54, 1.807) is 11.3 Å². The third-order valence-electron chi connectivity index (χ3n) is 4.03. The maximum atomic E-state index is 12.3. The number of nitrogens with zero attached hydrogens (tertiary/aromatic N) is 1. The Morgan fingerprint density at radius 2 is 1.76 bits per heavy atom. The monoisotopic (exact) mass is 350 g/mol. The van der Waals surface area contributed by atoms with Crippen molar-refractivity contribution < 1.29 is 4.79 Å². The molecule has 1 N–H and O–H groups in total. The number of thiazole rings is 1. The van der Waals surface area contributed by atoms with Crippen molar-refractivity contribution in [3.8, 4) is 11.3 Å². The third-order valence-corrected chi connectivity index (χ3v) is 5.00. The molecule has 0 atom stereocenters. The van der Waals surface area contributed by atoms with Gasteiger partial charge < -0.3 is 5.32 Å². The van der Waals surface area contributed by atoms with Crippen molar-refractivity contribution in [3.05, 3.63) is 75.6 Å². The highest BCUT2D eigenvalue weighted by atomic mass is 32.1. The van der Waals surface area contributed by atoms with Crippen molar-refractivity contribution in [2.45, 2.75) is 26.7 Å². The molecule has 0 unspecified atom stereocenters. The highest BCUT2D eigenvalue weighted by Gasteiger charge is 2.14. The number of rotatable bonds is 6. The minimum absolute atomic E-state index is 0.0490. The Kier molecular flexibility index (Phi) is 5.61. The Balaban J connectivity index is 1.62. The normalized spacial score (nSPS) is 10.6. The average Bonchev–Trinajstić information content (AvgIpc) is 2.97. The largest absolute Gasteiger partial charge is 0.355 e. The van der Waals surface area contributed by atoms with Gasteiger partial charge in [0.15, 0.2) is 0 Å². The van der Waals surface area contributed by atoms with Crippen LogP contribution in [0.15, 0.2) is 54.6 Å². The van der Waals surface area contributed by atoms with E-state index in [2.05, 4.69) is 53.6 Å². The van der Waals surface area contributed by atoms with Gasteiger partial charge in [-0.3, -0.25) is 4.79 Å². The van der Waals surface area contributed by atoms with Crippen LogP contribution in [0.4, 0.5) is 0 Å². The molecule has 128 valence electrons. The van der Waals surface area contributed by atoms with Crippen molar-refractivity contribution in [2.24, 2.45) is 0 Å². The lowest BCUT2D eigenvalue weighted by Gasteiger charge is -2.06. The first-order valence-corrected chi connectivity index (χ1v) is 9.27. The first kappa shape index (κ1) is 17.4. The number of carbonyl (C=O) groups excluding carboxylic acids is 1. The van der Waals surface area contributed by atoms with E-state index in [0.717, 1.165) is 27.6 Å². The lowest BCUT2D eigenvalue weighted by molar-refractivity contribution is -0.120. The van der Waals surface area contributed by atoms with Crippen molar-refractivity contribution in [1.82, 2.24) is 10.3 Å². The molecule has 0 aliphatic carbocycles. The van der Waals surface area contributed by atoms with Gasteiger partial charge in [-0.25, -0.2) is 4.98 Å². The predicted molar refractivity (Wildman–Crippen MR) is 104 cm³/mol. The van der Waals surface area contributed by atoms with Crippen molar-refractivity contribution >= 4 is 17.2 Å². The van der Waals surface area contributed by atoms with Gasteiger partial charge >= 0.3 is 0 Å². The highest BCUT2D eigenvalue weighted by Crippen LogP contribution is 2.28. The summed E-state index contributed by atoms with van der Waals surface area (Å²) in [4.78, 5) is 18.0. The average molecular weight is 350 g/mol. The predicted octanol–water partition coefficient (Wildman–Crippen LogP) is 4.33. The van der Waals surface area contributed by atoms with Gasteiger partial charge in [-0.1, -0.05) is 60.2 Å². The van der Waals surface area contributed by atoms with Crippen LogP contribution in [0.3, 0.4) is 0 Å². The first-order valence-electron chi connectivity index (χ1n) is 8.46. The molecular formula is C21H22N2OS. The summed E-state index contributed by atoms with van der Waals surface area (Å²) < 4.78 is 0. The maximum absolute atomic E-state index is 12.3. The lowest BCUT2D eigenvalue weighted by Crippen LogP contribution is -2.27. The molecule has 1 amide bonds. The van der Waals surface area contributed by atoms with E-state index < -0.39 is 0 Å². The fourth-order valence-corrected chi connectivity index (χ4v) is 3.68. The van der Waals surface area contributed by atoms with E-state index in [0.29, 0.717) is 13.0 Å². The molecule has 0 saturated carbocycles. The van der Waals surface area contributed by atoms with Crippen LogP contribution >= 0.6 is 11.3 Å². The summed E-state index contributed by atoms with van der Waals surface area (Å²) in [6.07, 6.45) is 1.22. The van der Waals surface area contributed by atoms with Crippen LogP contribution in [0.1, 0.15) is 21.0 Å². The molecule has 3 nitrogen and oxygen atoms in total. The Labute approximate surface area is 152 Å². The number of carbonyl (C=O) groups is 1. The molecule has 3 rings (SSSR count). The van der Waals surface area contributed by atoms with Crippen molar-refractivity contribution in [1.29, 1.82) is 0 Å². The quantitative estimate of drug-likeness (QED) is 0.719. The summed E-state index contributed by atoms with van der Waals surface area (Å²) in [5.41, 5.74) is 4.45. The Morgan fingerprint density at radius 1 is 1.04 bits per heavy atom. The van der Waals surface area contributed by atoms with Gasteiger partial charge in [0.1, 0.15) is 0 Å². The van der Waals surface area contributed by atoms with Crippen LogP contribution in [-0.2, 0) is 17.6 Å². The van der Waals surface area contributed by atoms with Crippen LogP contribution in [0.25, 0.3) is 11.3 Å². The number of nitrogens with one attached hydrogen (secondary N) is 1. The minimum Gasteiger partial charge on any atom is -0.355 e. The molecule has 0 aliphatic rings.